The van der Waals surface area contributed by atoms with Crippen molar-refractivity contribution in [3.05, 3.63) is 99.0 Å². The number of H-pyrrole nitrogens is 1. The van der Waals surface area contributed by atoms with E-state index in [-0.39, 0.29) is 17.8 Å². The maximum atomic E-state index is 12.0. The molecule has 0 atom stereocenters. The Morgan fingerprint density at radius 1 is 0.978 bits per heavy atom. The third-order valence-electron chi connectivity index (χ3n) is 6.27. The number of ether oxygens (including phenoxy) is 2. The summed E-state index contributed by atoms with van der Waals surface area (Å²) in [4.78, 5) is 31.0. The first-order chi connectivity index (χ1) is 21.6. The number of rotatable bonds is 6. The largest absolute Gasteiger partial charge is 0.465 e. The maximum Gasteiger partial charge on any atom is 0.350 e. The van der Waals surface area contributed by atoms with E-state index < -0.39 is 0 Å². The fourth-order valence-electron chi connectivity index (χ4n) is 4.22. The number of nitriles is 1. The molecule has 3 N–H and O–H groups in total. The third kappa shape index (κ3) is 9.22. The molecular formula is C34H33ClN4O4S2. The van der Waals surface area contributed by atoms with Gasteiger partial charge in [0.1, 0.15) is 26.3 Å². The number of halogens is 1. The molecule has 8 nitrogen and oxygen atoms in total. The summed E-state index contributed by atoms with van der Waals surface area (Å²) in [5, 5.41) is 9.76. The molecule has 0 fully saturated rings. The van der Waals surface area contributed by atoms with Crippen molar-refractivity contribution in [1.82, 2.24) is 9.97 Å². The van der Waals surface area contributed by atoms with Gasteiger partial charge in [-0.25, -0.2) is 9.78 Å². The Balaban J connectivity index is 0.000000210. The van der Waals surface area contributed by atoms with Crippen LogP contribution in [0.15, 0.2) is 72.8 Å². The fraction of sp³-hybridized carbons (Fsp3) is 0.206. The molecule has 0 unspecified atom stereocenters. The highest BCUT2D eigenvalue weighted by Gasteiger charge is 2.20. The average molecular weight is 661 g/mol. The van der Waals surface area contributed by atoms with E-state index in [9.17, 15) is 9.59 Å². The number of carbonyl (C=O) groups excluding carboxylic acids is 2. The molecule has 0 saturated carbocycles. The summed E-state index contributed by atoms with van der Waals surface area (Å²) in [5.74, 6) is -0.791. The Kier molecular flexibility index (Phi) is 13.2. The van der Waals surface area contributed by atoms with E-state index >= 15 is 0 Å². The number of aryl methyl sites for hydroxylation is 2. The number of carbonyl (C=O) groups is 2. The second kappa shape index (κ2) is 17.1. The van der Waals surface area contributed by atoms with Crippen molar-refractivity contribution in [3.63, 3.8) is 0 Å². The highest BCUT2D eigenvalue weighted by atomic mass is 35.5. The summed E-state index contributed by atoms with van der Waals surface area (Å²) >= 11 is 11.5. The number of benzene rings is 2. The van der Waals surface area contributed by atoms with Crippen molar-refractivity contribution < 1.29 is 19.1 Å². The van der Waals surface area contributed by atoms with Gasteiger partial charge in [-0.05, 0) is 56.5 Å². The molecule has 2 aromatic carbocycles. The van der Waals surface area contributed by atoms with Crippen molar-refractivity contribution >= 4 is 63.0 Å². The van der Waals surface area contributed by atoms with Gasteiger partial charge in [0.05, 0.1) is 30.2 Å². The van der Waals surface area contributed by atoms with Crippen LogP contribution in [0.2, 0.25) is 0 Å². The maximum absolute atomic E-state index is 12.0. The second-order valence-electron chi connectivity index (χ2n) is 9.42. The van der Waals surface area contributed by atoms with Crippen LogP contribution in [0.4, 0.5) is 5.69 Å². The van der Waals surface area contributed by atoms with Crippen LogP contribution in [-0.4, -0.2) is 41.0 Å². The van der Waals surface area contributed by atoms with Crippen LogP contribution in [0, 0.1) is 29.8 Å². The van der Waals surface area contributed by atoms with E-state index in [1.54, 1.807) is 13.8 Å². The van der Waals surface area contributed by atoms with Crippen LogP contribution in [0.1, 0.15) is 40.2 Å². The molecule has 0 saturated heterocycles. The zero-order chi connectivity index (χ0) is 32.9. The first-order valence-corrected chi connectivity index (χ1v) is 15.7. The number of hydrogen-bond donors (Lipinski definition) is 2. The lowest BCUT2D eigenvalue weighted by molar-refractivity contribution is -0.140. The third-order valence-corrected chi connectivity index (χ3v) is 7.87. The average Bonchev–Trinajstić information content (AvgIpc) is 3.39. The van der Waals surface area contributed by atoms with Gasteiger partial charge in [-0.2, -0.15) is 5.26 Å². The van der Waals surface area contributed by atoms with Crippen molar-refractivity contribution in [1.29, 1.82) is 5.26 Å². The Bertz CT molecular complexity index is 1870. The predicted octanol–water partition coefficient (Wildman–Crippen LogP) is 8.41. The number of nitrogens with two attached hydrogens (primary N) is 1. The zero-order valence-electron chi connectivity index (χ0n) is 25.3. The highest BCUT2D eigenvalue weighted by molar-refractivity contribution is 7.71. The van der Waals surface area contributed by atoms with Gasteiger partial charge in [-0.15, -0.1) is 22.9 Å². The summed E-state index contributed by atoms with van der Waals surface area (Å²) < 4.78 is 9.98. The lowest BCUT2D eigenvalue weighted by Crippen LogP contribution is -2.04. The van der Waals surface area contributed by atoms with Crippen LogP contribution < -0.4 is 5.73 Å². The van der Waals surface area contributed by atoms with Crippen LogP contribution >= 0.6 is 35.2 Å². The number of anilines is 1. The number of nitrogens with one attached hydrogen (secondary N) is 1. The predicted molar refractivity (Wildman–Crippen MR) is 184 cm³/mol. The van der Waals surface area contributed by atoms with Gasteiger partial charge < -0.3 is 20.2 Å². The minimum Gasteiger partial charge on any atom is -0.465 e. The van der Waals surface area contributed by atoms with Crippen LogP contribution in [-0.2, 0) is 14.3 Å². The quantitative estimate of drug-likeness (QED) is 0.105. The van der Waals surface area contributed by atoms with Gasteiger partial charge >= 0.3 is 11.9 Å². The Morgan fingerprint density at radius 2 is 1.58 bits per heavy atom. The van der Waals surface area contributed by atoms with Crippen LogP contribution in [0.3, 0.4) is 0 Å². The molecule has 0 amide bonds. The number of alkyl halides is 1. The molecule has 0 bridgehead atoms. The molecule has 0 spiro atoms. The van der Waals surface area contributed by atoms with Crippen LogP contribution in [0.25, 0.3) is 32.7 Å². The molecule has 0 aliphatic carbocycles. The zero-order valence-corrected chi connectivity index (χ0v) is 27.7. The summed E-state index contributed by atoms with van der Waals surface area (Å²) in [6.07, 6.45) is 0. The standard InChI is InChI=1S/C17H16N2O2S.C13H10N2S.C4H7ClO2/c1-3-21-17(20)15-14(18)13-10(2)9-12(19-16(13)22-15)11-7-5-4-6-8-11;1-9-7-12(10-5-3-2-4-6-10)15-13(16)11(9)8-14;1-2-7-4(6)3-5/h4-9H,3,18H2,1-2H3;2-7H,1H3,(H,15,16);2-3H2,1H3. The molecule has 0 radical (unpaired) electrons. The Morgan fingerprint density at radius 3 is 2.09 bits per heavy atom. The molecule has 11 heteroatoms. The van der Waals surface area contributed by atoms with E-state index in [0.717, 1.165) is 43.9 Å². The SMILES string of the molecule is CCOC(=O)CCl.CCOC(=O)c1sc2nc(-c3ccccc3)cc(C)c2c1N.Cc1cc(-c2ccccc2)[nH]c(=S)c1C#N. The number of nitrogens with zero attached hydrogens (tertiary/aromatic N) is 2. The Labute approximate surface area is 276 Å². The number of aromatic amines is 1. The molecule has 45 heavy (non-hydrogen) atoms. The summed E-state index contributed by atoms with van der Waals surface area (Å²) in [6, 6.07) is 25.9. The van der Waals surface area contributed by atoms with Gasteiger partial charge in [0.15, 0.2) is 0 Å². The molecule has 3 heterocycles. The van der Waals surface area contributed by atoms with Gasteiger partial charge in [-0.3, -0.25) is 4.79 Å². The second-order valence-corrected chi connectivity index (χ2v) is 11.1. The molecule has 0 aliphatic rings. The molecule has 232 valence electrons. The lowest BCUT2D eigenvalue weighted by Gasteiger charge is -2.04. The number of esters is 2. The normalized spacial score (nSPS) is 10.0. The van der Waals surface area contributed by atoms with E-state index in [1.165, 1.54) is 11.3 Å². The minimum absolute atomic E-state index is 0.0478. The van der Waals surface area contributed by atoms with E-state index in [4.69, 9.17) is 39.6 Å². The highest BCUT2D eigenvalue weighted by Crippen LogP contribution is 2.37. The fourth-order valence-corrected chi connectivity index (χ4v) is 5.67. The summed E-state index contributed by atoms with van der Waals surface area (Å²) in [6.45, 7) is 8.13. The van der Waals surface area contributed by atoms with Crippen molar-refractivity contribution in [2.24, 2.45) is 0 Å². The van der Waals surface area contributed by atoms with E-state index in [1.807, 2.05) is 86.6 Å². The van der Waals surface area contributed by atoms with Gasteiger partial charge in [-0.1, -0.05) is 72.9 Å². The molecule has 5 rings (SSSR count). The topological polar surface area (TPSA) is 131 Å². The number of aromatic nitrogens is 2. The smallest absolute Gasteiger partial charge is 0.350 e. The van der Waals surface area contributed by atoms with Gasteiger partial charge in [0.2, 0.25) is 0 Å². The Hall–Kier alpha value is -4.56. The van der Waals surface area contributed by atoms with Gasteiger partial charge in [0, 0.05) is 16.6 Å². The van der Waals surface area contributed by atoms with Crippen molar-refractivity contribution in [2.75, 3.05) is 24.8 Å². The molecule has 5 aromatic rings. The molecule has 0 aliphatic heterocycles. The summed E-state index contributed by atoms with van der Waals surface area (Å²) in [7, 11) is 0. The monoisotopic (exact) mass is 660 g/mol. The number of hydrogen-bond acceptors (Lipinski definition) is 9. The van der Waals surface area contributed by atoms with Crippen molar-refractivity contribution in [3.8, 4) is 28.6 Å². The molecule has 3 aromatic heterocycles. The lowest BCUT2D eigenvalue weighted by atomic mass is 10.1. The number of fused-ring (bicyclic) bond motifs is 1. The van der Waals surface area contributed by atoms with Gasteiger partial charge in [0.25, 0.3) is 0 Å². The van der Waals surface area contributed by atoms with E-state index in [0.29, 0.717) is 34.0 Å². The first-order valence-electron chi connectivity index (χ1n) is 14.0. The summed E-state index contributed by atoms with van der Waals surface area (Å²) in [5.41, 5.74) is 13.0. The minimum atomic E-state index is -0.385. The number of thiophene rings is 1. The number of nitrogen functional groups attached to an aromatic ring is 1. The van der Waals surface area contributed by atoms with Crippen LogP contribution in [0.5, 0.6) is 0 Å². The number of pyridine rings is 2. The first kappa shape index (κ1) is 34.9. The van der Waals surface area contributed by atoms with E-state index in [2.05, 4.69) is 20.8 Å². The molecular weight excluding hydrogens is 628 g/mol. The van der Waals surface area contributed by atoms with Crippen molar-refractivity contribution in [2.45, 2.75) is 27.7 Å².